The van der Waals surface area contributed by atoms with Gasteiger partial charge in [-0.15, -0.1) is 0 Å². The van der Waals surface area contributed by atoms with Gasteiger partial charge in [0.15, 0.2) is 0 Å². The lowest BCUT2D eigenvalue weighted by Gasteiger charge is -2.18. The van der Waals surface area contributed by atoms with E-state index in [1.54, 1.807) is 30.3 Å². The minimum atomic E-state index is -0.550. The van der Waals surface area contributed by atoms with Crippen molar-refractivity contribution in [2.75, 3.05) is 10.2 Å². The second-order valence-electron chi connectivity index (χ2n) is 7.56. The first kappa shape index (κ1) is 22.7. The highest BCUT2D eigenvalue weighted by Gasteiger charge is 2.40. The van der Waals surface area contributed by atoms with Gasteiger partial charge in [0.25, 0.3) is 5.91 Å². The third-order valence-corrected chi connectivity index (χ3v) is 6.64. The molecule has 164 valence electrons. The van der Waals surface area contributed by atoms with Gasteiger partial charge in [0.05, 0.1) is 5.25 Å². The van der Waals surface area contributed by atoms with Gasteiger partial charge in [-0.05, 0) is 60.9 Å². The summed E-state index contributed by atoms with van der Waals surface area (Å²) in [6, 6.07) is 25.7. The molecule has 1 heterocycles. The number of hydrogen-bond donors (Lipinski definition) is 1. The standard InChI is InChI=1S/C26H20ClN3O2S/c1-17-6-5-7-20(14-17)29-24(31)22(16-28)26-30(21-8-3-2-4-9-21)25(32)23(33-26)15-18-10-12-19(27)13-11-18/h2-14,23H,15H2,1H3,(H,29,31)/b26-22-/t23-/m1/s1. The quantitative estimate of drug-likeness (QED) is 0.380. The minimum Gasteiger partial charge on any atom is -0.321 e. The fourth-order valence-electron chi connectivity index (χ4n) is 3.55. The lowest BCUT2D eigenvalue weighted by Crippen LogP contribution is -2.30. The molecule has 0 unspecified atom stereocenters. The van der Waals surface area contributed by atoms with Crippen molar-refractivity contribution < 1.29 is 9.59 Å². The summed E-state index contributed by atoms with van der Waals surface area (Å²) in [4.78, 5) is 28.0. The summed E-state index contributed by atoms with van der Waals surface area (Å²) in [5, 5.41) is 13.2. The number of benzene rings is 3. The number of thioether (sulfide) groups is 1. The predicted octanol–water partition coefficient (Wildman–Crippen LogP) is 5.71. The van der Waals surface area contributed by atoms with Crippen LogP contribution in [0.3, 0.4) is 0 Å². The van der Waals surface area contributed by atoms with Crippen LogP contribution < -0.4 is 10.2 Å². The monoisotopic (exact) mass is 473 g/mol. The SMILES string of the molecule is Cc1cccc(NC(=O)/C(C#N)=C2\S[C@H](Cc3ccc(Cl)cc3)C(=O)N2c2ccccc2)c1. The molecule has 0 spiro atoms. The van der Waals surface area contributed by atoms with Crippen molar-refractivity contribution in [2.24, 2.45) is 0 Å². The molecule has 1 atom stereocenters. The molecule has 4 rings (SSSR count). The number of rotatable bonds is 5. The molecular formula is C26H20ClN3O2S. The Balaban J connectivity index is 1.71. The summed E-state index contributed by atoms with van der Waals surface area (Å²) in [6.07, 6.45) is 0.450. The second kappa shape index (κ2) is 9.95. The fourth-order valence-corrected chi connectivity index (χ4v) is 4.98. The number of para-hydroxylation sites is 1. The Labute approximate surface area is 201 Å². The molecule has 7 heteroatoms. The van der Waals surface area contributed by atoms with Crippen LogP contribution in [0.25, 0.3) is 0 Å². The Kier molecular flexibility index (Phi) is 6.83. The molecule has 2 amide bonds. The zero-order chi connectivity index (χ0) is 23.4. The molecule has 1 aliphatic rings. The fraction of sp³-hybridized carbons (Fsp3) is 0.115. The molecule has 0 radical (unpaired) electrons. The van der Waals surface area contributed by atoms with Crippen LogP contribution in [0.4, 0.5) is 11.4 Å². The lowest BCUT2D eigenvalue weighted by molar-refractivity contribution is -0.117. The summed E-state index contributed by atoms with van der Waals surface area (Å²) >= 11 is 7.22. The van der Waals surface area contributed by atoms with Gasteiger partial charge < -0.3 is 5.32 Å². The van der Waals surface area contributed by atoms with Crippen molar-refractivity contribution in [3.05, 3.63) is 106 Å². The van der Waals surface area contributed by atoms with Crippen molar-refractivity contribution in [3.8, 4) is 6.07 Å². The molecule has 1 fully saturated rings. The maximum atomic E-state index is 13.4. The number of nitrogens with zero attached hydrogens (tertiary/aromatic N) is 2. The highest BCUT2D eigenvalue weighted by molar-refractivity contribution is 8.05. The first-order valence-electron chi connectivity index (χ1n) is 10.3. The number of hydrogen-bond acceptors (Lipinski definition) is 4. The van der Waals surface area contributed by atoms with E-state index < -0.39 is 11.2 Å². The summed E-state index contributed by atoms with van der Waals surface area (Å²) in [5.41, 5.74) is 3.03. The van der Waals surface area contributed by atoms with Gasteiger partial charge in [-0.1, -0.05) is 65.8 Å². The van der Waals surface area contributed by atoms with Crippen LogP contribution in [0.5, 0.6) is 0 Å². The van der Waals surface area contributed by atoms with Gasteiger partial charge in [0.2, 0.25) is 5.91 Å². The Bertz CT molecular complexity index is 1270. The lowest BCUT2D eigenvalue weighted by atomic mass is 10.1. The predicted molar refractivity (Wildman–Crippen MR) is 133 cm³/mol. The Hall–Kier alpha value is -3.53. The van der Waals surface area contributed by atoms with Crippen LogP contribution in [-0.2, 0) is 16.0 Å². The van der Waals surface area contributed by atoms with Crippen LogP contribution in [-0.4, -0.2) is 17.1 Å². The first-order chi connectivity index (χ1) is 16.0. The highest BCUT2D eigenvalue weighted by atomic mass is 35.5. The van der Waals surface area contributed by atoms with Gasteiger partial charge in [-0.3, -0.25) is 14.5 Å². The molecule has 0 saturated carbocycles. The zero-order valence-electron chi connectivity index (χ0n) is 17.8. The van der Waals surface area contributed by atoms with E-state index in [9.17, 15) is 14.9 Å². The maximum Gasteiger partial charge on any atom is 0.269 e. The summed E-state index contributed by atoms with van der Waals surface area (Å²) in [6.45, 7) is 1.92. The van der Waals surface area contributed by atoms with Crippen molar-refractivity contribution in [1.82, 2.24) is 0 Å². The van der Waals surface area contributed by atoms with Crippen LogP contribution in [0.2, 0.25) is 5.02 Å². The van der Waals surface area contributed by atoms with E-state index in [-0.39, 0.29) is 11.5 Å². The van der Waals surface area contributed by atoms with E-state index in [1.165, 1.54) is 16.7 Å². The first-order valence-corrected chi connectivity index (χ1v) is 11.5. The molecule has 5 nitrogen and oxygen atoms in total. The average molecular weight is 474 g/mol. The molecule has 3 aromatic carbocycles. The topological polar surface area (TPSA) is 73.2 Å². The third kappa shape index (κ3) is 5.11. The van der Waals surface area contributed by atoms with Crippen LogP contribution in [0.15, 0.2) is 89.5 Å². The number of halogens is 1. The van der Waals surface area contributed by atoms with E-state index in [0.29, 0.717) is 27.8 Å². The van der Waals surface area contributed by atoms with E-state index in [2.05, 4.69) is 5.32 Å². The van der Waals surface area contributed by atoms with Crippen LogP contribution in [0.1, 0.15) is 11.1 Å². The maximum absolute atomic E-state index is 13.4. The van der Waals surface area contributed by atoms with Crippen LogP contribution >= 0.6 is 23.4 Å². The molecule has 3 aromatic rings. The average Bonchev–Trinajstić information content (AvgIpc) is 3.12. The largest absolute Gasteiger partial charge is 0.321 e. The van der Waals surface area contributed by atoms with Crippen molar-refractivity contribution in [1.29, 1.82) is 5.26 Å². The Morgan fingerprint density at radius 1 is 1.09 bits per heavy atom. The highest BCUT2D eigenvalue weighted by Crippen LogP contribution is 2.42. The molecule has 1 saturated heterocycles. The smallest absolute Gasteiger partial charge is 0.269 e. The molecule has 1 N–H and O–H groups in total. The zero-order valence-corrected chi connectivity index (χ0v) is 19.4. The number of aryl methyl sites for hydroxylation is 1. The van der Waals surface area contributed by atoms with E-state index in [1.807, 2.05) is 61.5 Å². The Morgan fingerprint density at radius 2 is 1.82 bits per heavy atom. The molecule has 0 bridgehead atoms. The number of amides is 2. The molecule has 33 heavy (non-hydrogen) atoms. The molecule has 0 aliphatic carbocycles. The number of nitrogens with one attached hydrogen (secondary N) is 1. The van der Waals surface area contributed by atoms with E-state index >= 15 is 0 Å². The van der Waals surface area contributed by atoms with Crippen molar-refractivity contribution in [2.45, 2.75) is 18.6 Å². The normalized spacial score (nSPS) is 16.9. The number of nitriles is 1. The van der Waals surface area contributed by atoms with Crippen molar-refractivity contribution in [3.63, 3.8) is 0 Å². The van der Waals surface area contributed by atoms with E-state index in [4.69, 9.17) is 11.6 Å². The van der Waals surface area contributed by atoms with Crippen LogP contribution in [0, 0.1) is 18.3 Å². The third-order valence-electron chi connectivity index (χ3n) is 5.13. The molecule has 1 aliphatic heterocycles. The van der Waals surface area contributed by atoms with Crippen molar-refractivity contribution >= 4 is 46.6 Å². The van der Waals surface area contributed by atoms with E-state index in [0.717, 1.165) is 11.1 Å². The van der Waals surface area contributed by atoms with Gasteiger partial charge in [0, 0.05) is 16.4 Å². The minimum absolute atomic E-state index is 0.0997. The van der Waals surface area contributed by atoms with Gasteiger partial charge in [-0.2, -0.15) is 5.26 Å². The van der Waals surface area contributed by atoms with Gasteiger partial charge in [-0.25, -0.2) is 0 Å². The van der Waals surface area contributed by atoms with Gasteiger partial charge >= 0.3 is 0 Å². The number of carbonyl (C=O) groups is 2. The number of anilines is 2. The Morgan fingerprint density at radius 3 is 2.48 bits per heavy atom. The summed E-state index contributed by atoms with van der Waals surface area (Å²) in [5.74, 6) is -0.723. The van der Waals surface area contributed by atoms with Gasteiger partial charge in [0.1, 0.15) is 16.7 Å². The summed E-state index contributed by atoms with van der Waals surface area (Å²) in [7, 11) is 0. The molecular weight excluding hydrogens is 454 g/mol. The second-order valence-corrected chi connectivity index (χ2v) is 9.19. The molecule has 0 aromatic heterocycles. The summed E-state index contributed by atoms with van der Waals surface area (Å²) < 4.78 is 0. The number of carbonyl (C=O) groups excluding carboxylic acids is 2.